The van der Waals surface area contributed by atoms with Gasteiger partial charge in [0.2, 0.25) is 10.0 Å². The van der Waals surface area contributed by atoms with Crippen molar-refractivity contribution in [3.8, 4) is 0 Å². The van der Waals surface area contributed by atoms with Gasteiger partial charge in [-0.1, -0.05) is 23.7 Å². The Kier molecular flexibility index (Phi) is 5.64. The van der Waals surface area contributed by atoms with Crippen LogP contribution in [0.25, 0.3) is 0 Å². The number of ketones is 1. The fourth-order valence-electron chi connectivity index (χ4n) is 3.22. The summed E-state index contributed by atoms with van der Waals surface area (Å²) in [5.41, 5.74) is 0.300. The van der Waals surface area contributed by atoms with E-state index in [-0.39, 0.29) is 35.2 Å². The van der Waals surface area contributed by atoms with Gasteiger partial charge >= 0.3 is 5.97 Å². The first-order chi connectivity index (χ1) is 12.8. The zero-order chi connectivity index (χ0) is 19.6. The van der Waals surface area contributed by atoms with E-state index >= 15 is 0 Å². The maximum absolute atomic E-state index is 12.9. The van der Waals surface area contributed by atoms with Crippen molar-refractivity contribution in [1.29, 1.82) is 0 Å². The van der Waals surface area contributed by atoms with Gasteiger partial charge in [0.05, 0.1) is 10.5 Å². The first kappa shape index (κ1) is 19.5. The fourth-order valence-corrected chi connectivity index (χ4v) is 5.00. The molecule has 0 bridgehead atoms. The molecule has 0 aromatic heterocycles. The summed E-state index contributed by atoms with van der Waals surface area (Å²) in [5, 5.41) is 9.80. The van der Waals surface area contributed by atoms with Crippen LogP contribution in [0.1, 0.15) is 33.6 Å². The number of aromatic carboxylic acids is 1. The molecule has 1 aliphatic rings. The van der Waals surface area contributed by atoms with Crippen molar-refractivity contribution in [1.82, 2.24) is 4.31 Å². The number of carboxylic acid groups (broad SMARTS) is 1. The number of Topliss-reactive ketones (excluding diaryl/α,β-unsaturated/α-hetero) is 1. The molecule has 1 heterocycles. The average molecular weight is 408 g/mol. The minimum absolute atomic E-state index is 0.0327. The van der Waals surface area contributed by atoms with Crippen LogP contribution in [0.4, 0.5) is 0 Å². The molecule has 0 aliphatic carbocycles. The number of hydrogen-bond acceptors (Lipinski definition) is 4. The Bertz CT molecular complexity index is 964. The van der Waals surface area contributed by atoms with Gasteiger partial charge < -0.3 is 5.11 Å². The number of rotatable bonds is 5. The summed E-state index contributed by atoms with van der Waals surface area (Å²) in [4.78, 5) is 23.7. The summed E-state index contributed by atoms with van der Waals surface area (Å²) < 4.78 is 27.0. The van der Waals surface area contributed by atoms with Crippen LogP contribution in [0.5, 0.6) is 0 Å². The second-order valence-corrected chi connectivity index (χ2v) is 8.69. The molecule has 0 spiro atoms. The van der Waals surface area contributed by atoms with Crippen molar-refractivity contribution in [3.63, 3.8) is 0 Å². The molecule has 1 saturated heterocycles. The van der Waals surface area contributed by atoms with Crippen LogP contribution in [0, 0.1) is 5.92 Å². The molecule has 1 aliphatic heterocycles. The third-order valence-corrected chi connectivity index (χ3v) is 6.90. The molecule has 0 atom stereocenters. The summed E-state index contributed by atoms with van der Waals surface area (Å²) in [5.74, 6) is -1.59. The zero-order valence-corrected chi connectivity index (χ0v) is 15.9. The Balaban J connectivity index is 1.74. The monoisotopic (exact) mass is 407 g/mol. The maximum atomic E-state index is 12.9. The number of carboxylic acids is 1. The summed E-state index contributed by atoms with van der Waals surface area (Å²) in [6.07, 6.45) is 0.770. The van der Waals surface area contributed by atoms with Gasteiger partial charge in [0.1, 0.15) is 0 Å². The zero-order valence-electron chi connectivity index (χ0n) is 14.3. The van der Waals surface area contributed by atoms with E-state index in [1.54, 1.807) is 24.3 Å². The molecule has 6 nitrogen and oxygen atoms in total. The predicted octanol–water partition coefficient (Wildman–Crippen LogP) is 3.32. The Hall–Kier alpha value is -2.22. The molecule has 0 unspecified atom stereocenters. The molecule has 27 heavy (non-hydrogen) atoms. The number of benzene rings is 2. The molecule has 2 aromatic rings. The third-order valence-electron chi connectivity index (χ3n) is 4.69. The van der Waals surface area contributed by atoms with Crippen LogP contribution < -0.4 is 0 Å². The lowest BCUT2D eigenvalue weighted by atomic mass is 9.90. The highest BCUT2D eigenvalue weighted by atomic mass is 35.5. The number of hydrogen-bond donors (Lipinski definition) is 1. The standard InChI is InChI=1S/C19H18ClNO5S/c20-15-7-5-13(6-8-15)18(22)14-9-11-21(12-10-14)27(25,26)17-4-2-1-3-16(17)19(23)24/h1-8,14H,9-12H2,(H,23,24). The molecular formula is C19H18ClNO5S. The largest absolute Gasteiger partial charge is 0.478 e. The summed E-state index contributed by atoms with van der Waals surface area (Å²) in [6, 6.07) is 12.2. The number of carbonyl (C=O) groups is 2. The Morgan fingerprint density at radius 3 is 2.19 bits per heavy atom. The normalized spacial score (nSPS) is 16.2. The Morgan fingerprint density at radius 2 is 1.59 bits per heavy atom. The summed E-state index contributed by atoms with van der Waals surface area (Å²) in [6.45, 7) is 0.334. The lowest BCUT2D eigenvalue weighted by Gasteiger charge is -2.30. The first-order valence-corrected chi connectivity index (χ1v) is 10.2. The topological polar surface area (TPSA) is 91.8 Å². The van der Waals surface area contributed by atoms with Gasteiger partial charge in [-0.2, -0.15) is 4.31 Å². The molecular weight excluding hydrogens is 390 g/mol. The molecule has 0 radical (unpaired) electrons. The van der Waals surface area contributed by atoms with Gasteiger partial charge in [-0.25, -0.2) is 13.2 Å². The number of halogens is 1. The lowest BCUT2D eigenvalue weighted by molar-refractivity contribution is 0.0692. The van der Waals surface area contributed by atoms with Crippen molar-refractivity contribution in [2.75, 3.05) is 13.1 Å². The van der Waals surface area contributed by atoms with Gasteiger partial charge in [0, 0.05) is 29.6 Å². The molecule has 2 aromatic carbocycles. The van der Waals surface area contributed by atoms with E-state index in [1.807, 2.05) is 0 Å². The highest BCUT2D eigenvalue weighted by molar-refractivity contribution is 7.89. The third kappa shape index (κ3) is 4.05. The second-order valence-electron chi connectivity index (χ2n) is 6.35. The minimum atomic E-state index is -3.93. The quantitative estimate of drug-likeness (QED) is 0.767. The van der Waals surface area contributed by atoms with Crippen molar-refractivity contribution < 1.29 is 23.1 Å². The maximum Gasteiger partial charge on any atom is 0.337 e. The van der Waals surface area contributed by atoms with Crippen molar-refractivity contribution in [2.24, 2.45) is 5.92 Å². The van der Waals surface area contributed by atoms with E-state index in [4.69, 9.17) is 11.6 Å². The highest BCUT2D eigenvalue weighted by Gasteiger charge is 2.34. The molecule has 0 saturated carbocycles. The van der Waals surface area contributed by atoms with E-state index in [9.17, 15) is 23.1 Å². The summed E-state index contributed by atoms with van der Waals surface area (Å²) >= 11 is 5.84. The van der Waals surface area contributed by atoms with Crippen molar-refractivity contribution >= 4 is 33.4 Å². The van der Waals surface area contributed by atoms with E-state index in [1.165, 1.54) is 28.6 Å². The van der Waals surface area contributed by atoms with Crippen LogP contribution in [0.3, 0.4) is 0 Å². The Labute approximate surface area is 162 Å². The minimum Gasteiger partial charge on any atom is -0.478 e. The number of carbonyl (C=O) groups excluding carboxylic acids is 1. The first-order valence-electron chi connectivity index (χ1n) is 8.43. The van der Waals surface area contributed by atoms with Gasteiger partial charge in [-0.05, 0) is 49.2 Å². The predicted molar refractivity (Wildman–Crippen MR) is 101 cm³/mol. The van der Waals surface area contributed by atoms with Crippen LogP contribution in [-0.4, -0.2) is 42.7 Å². The average Bonchev–Trinajstić information content (AvgIpc) is 2.68. The second kappa shape index (κ2) is 7.80. The van der Waals surface area contributed by atoms with Gasteiger partial charge in [-0.15, -0.1) is 0 Å². The lowest BCUT2D eigenvalue weighted by Crippen LogP contribution is -2.40. The number of piperidine rings is 1. The van der Waals surface area contributed by atoms with Crippen molar-refractivity contribution in [2.45, 2.75) is 17.7 Å². The smallest absolute Gasteiger partial charge is 0.337 e. The summed E-state index contributed by atoms with van der Waals surface area (Å²) in [7, 11) is -3.93. The molecule has 8 heteroatoms. The Morgan fingerprint density at radius 1 is 1.00 bits per heavy atom. The number of sulfonamides is 1. The van der Waals surface area contributed by atoms with Gasteiger partial charge in [-0.3, -0.25) is 4.79 Å². The van der Waals surface area contributed by atoms with E-state index in [2.05, 4.69) is 0 Å². The molecule has 0 amide bonds. The van der Waals surface area contributed by atoms with Gasteiger partial charge in [0.15, 0.2) is 5.78 Å². The van der Waals surface area contributed by atoms with Crippen LogP contribution in [0.15, 0.2) is 53.4 Å². The van der Waals surface area contributed by atoms with Crippen LogP contribution >= 0.6 is 11.6 Å². The molecule has 142 valence electrons. The molecule has 1 fully saturated rings. The van der Waals surface area contributed by atoms with Crippen LogP contribution in [-0.2, 0) is 10.0 Å². The van der Waals surface area contributed by atoms with E-state index in [0.717, 1.165) is 0 Å². The fraction of sp³-hybridized carbons (Fsp3) is 0.263. The van der Waals surface area contributed by atoms with Crippen LogP contribution in [0.2, 0.25) is 5.02 Å². The van der Waals surface area contributed by atoms with Gasteiger partial charge in [0.25, 0.3) is 0 Å². The number of nitrogens with zero attached hydrogens (tertiary/aromatic N) is 1. The molecule has 1 N–H and O–H groups in total. The van der Waals surface area contributed by atoms with E-state index < -0.39 is 16.0 Å². The van der Waals surface area contributed by atoms with Crippen molar-refractivity contribution in [3.05, 3.63) is 64.7 Å². The van der Waals surface area contributed by atoms with E-state index in [0.29, 0.717) is 23.4 Å². The highest BCUT2D eigenvalue weighted by Crippen LogP contribution is 2.28. The SMILES string of the molecule is O=C(O)c1ccccc1S(=O)(=O)N1CCC(C(=O)c2ccc(Cl)cc2)CC1. The molecule has 3 rings (SSSR count).